The first-order valence-electron chi connectivity index (χ1n) is 10.5. The summed E-state index contributed by atoms with van der Waals surface area (Å²) >= 11 is 0. The molecule has 0 fully saturated rings. The average Bonchev–Trinajstić information content (AvgIpc) is 2.72. The number of pyridine rings is 1. The largest absolute Gasteiger partial charge is 0.490 e. The maximum atomic E-state index is 6.20. The molecule has 3 nitrogen and oxygen atoms in total. The molecular formula is C26H31NO2. The summed E-state index contributed by atoms with van der Waals surface area (Å²) in [6.07, 6.45) is 2.03. The molecule has 0 radical (unpaired) electrons. The molecule has 3 heteroatoms. The van der Waals surface area contributed by atoms with Crippen LogP contribution < -0.4 is 9.47 Å². The van der Waals surface area contributed by atoms with E-state index in [2.05, 4.69) is 52.0 Å². The summed E-state index contributed by atoms with van der Waals surface area (Å²) in [5.74, 6) is 1.70. The topological polar surface area (TPSA) is 31.4 Å². The predicted molar refractivity (Wildman–Crippen MR) is 120 cm³/mol. The van der Waals surface area contributed by atoms with Gasteiger partial charge in [0.1, 0.15) is 18.1 Å². The summed E-state index contributed by atoms with van der Waals surface area (Å²) < 4.78 is 12.2. The quantitative estimate of drug-likeness (QED) is 0.438. The van der Waals surface area contributed by atoms with E-state index < -0.39 is 0 Å². The van der Waals surface area contributed by atoms with Crippen molar-refractivity contribution in [2.45, 2.75) is 60.2 Å². The zero-order valence-corrected chi connectivity index (χ0v) is 18.2. The van der Waals surface area contributed by atoms with Gasteiger partial charge in [0.15, 0.2) is 0 Å². The Hall–Kier alpha value is -2.81. The van der Waals surface area contributed by atoms with Crippen molar-refractivity contribution in [1.82, 2.24) is 4.98 Å². The van der Waals surface area contributed by atoms with Crippen LogP contribution in [-0.4, -0.2) is 11.1 Å². The van der Waals surface area contributed by atoms with Crippen LogP contribution in [0.3, 0.4) is 0 Å². The number of hydrogen-bond acceptors (Lipinski definition) is 3. The van der Waals surface area contributed by atoms with Gasteiger partial charge in [0, 0.05) is 17.3 Å². The monoisotopic (exact) mass is 389 g/mol. The van der Waals surface area contributed by atoms with Crippen LogP contribution in [0.1, 0.15) is 50.1 Å². The molecule has 0 unspecified atom stereocenters. The molecule has 3 rings (SSSR count). The normalized spacial score (nSPS) is 11.0. The number of para-hydroxylation sites is 1. The molecule has 0 aliphatic heterocycles. The Labute approximate surface area is 174 Å². The molecule has 0 spiro atoms. The van der Waals surface area contributed by atoms with Crippen LogP contribution in [0, 0.1) is 6.92 Å². The van der Waals surface area contributed by atoms with Crippen LogP contribution in [-0.2, 0) is 19.4 Å². The second-order valence-electron chi connectivity index (χ2n) is 7.50. The van der Waals surface area contributed by atoms with Crippen molar-refractivity contribution >= 4 is 0 Å². The highest BCUT2D eigenvalue weighted by Gasteiger charge is 2.17. The molecule has 29 heavy (non-hydrogen) atoms. The lowest BCUT2D eigenvalue weighted by Gasteiger charge is -2.20. The van der Waals surface area contributed by atoms with Gasteiger partial charge in [-0.2, -0.15) is 0 Å². The lowest BCUT2D eigenvalue weighted by molar-refractivity contribution is 0.229. The molecule has 0 atom stereocenters. The van der Waals surface area contributed by atoms with Crippen molar-refractivity contribution in [3.63, 3.8) is 0 Å². The number of ether oxygens (including phenoxy) is 2. The molecule has 0 N–H and O–H groups in total. The third-order valence-electron chi connectivity index (χ3n) is 5.03. The fraction of sp³-hybridized carbons (Fsp3) is 0.346. The maximum Gasteiger partial charge on any atom is 0.130 e. The van der Waals surface area contributed by atoms with Crippen molar-refractivity contribution in [2.24, 2.45) is 0 Å². The van der Waals surface area contributed by atoms with Gasteiger partial charge in [-0.25, -0.2) is 0 Å². The Morgan fingerprint density at radius 3 is 2.14 bits per heavy atom. The van der Waals surface area contributed by atoms with Gasteiger partial charge < -0.3 is 9.47 Å². The van der Waals surface area contributed by atoms with E-state index in [4.69, 9.17) is 14.5 Å². The van der Waals surface area contributed by atoms with E-state index in [1.807, 2.05) is 37.3 Å². The Bertz CT molecular complexity index is 926. The summed E-state index contributed by atoms with van der Waals surface area (Å²) in [5, 5.41) is 0. The van der Waals surface area contributed by atoms with Crippen LogP contribution in [0.25, 0.3) is 11.3 Å². The number of rotatable bonds is 8. The number of aryl methyl sites for hydroxylation is 3. The third kappa shape index (κ3) is 4.97. The highest BCUT2D eigenvalue weighted by Crippen LogP contribution is 2.33. The highest BCUT2D eigenvalue weighted by atomic mass is 16.5. The van der Waals surface area contributed by atoms with Crippen molar-refractivity contribution in [1.29, 1.82) is 0 Å². The second-order valence-corrected chi connectivity index (χ2v) is 7.50. The van der Waals surface area contributed by atoms with Crippen LogP contribution in [0.15, 0.2) is 54.6 Å². The lowest BCUT2D eigenvalue weighted by atomic mass is 9.94. The minimum atomic E-state index is 0.0761. The van der Waals surface area contributed by atoms with E-state index in [0.29, 0.717) is 6.61 Å². The smallest absolute Gasteiger partial charge is 0.130 e. The number of benzene rings is 2. The Morgan fingerprint density at radius 1 is 0.897 bits per heavy atom. The first kappa shape index (κ1) is 20.9. The third-order valence-corrected chi connectivity index (χ3v) is 5.03. The molecule has 1 heterocycles. The van der Waals surface area contributed by atoms with Gasteiger partial charge in [0.05, 0.1) is 17.4 Å². The van der Waals surface area contributed by atoms with Crippen molar-refractivity contribution in [3.8, 4) is 22.8 Å². The van der Waals surface area contributed by atoms with E-state index in [-0.39, 0.29) is 6.10 Å². The maximum absolute atomic E-state index is 6.20. The van der Waals surface area contributed by atoms with E-state index in [9.17, 15) is 0 Å². The first-order chi connectivity index (χ1) is 14.0. The molecule has 0 bridgehead atoms. The minimum absolute atomic E-state index is 0.0761. The molecule has 0 saturated heterocycles. The molecule has 0 amide bonds. The second kappa shape index (κ2) is 9.60. The highest BCUT2D eigenvalue weighted by molar-refractivity contribution is 5.70. The molecule has 0 aliphatic carbocycles. The van der Waals surface area contributed by atoms with Gasteiger partial charge in [-0.05, 0) is 56.9 Å². The molecule has 0 saturated carbocycles. The van der Waals surface area contributed by atoms with Gasteiger partial charge in [0.2, 0.25) is 0 Å². The van der Waals surface area contributed by atoms with Crippen molar-refractivity contribution in [3.05, 3.63) is 77.0 Å². The molecule has 152 valence electrons. The summed E-state index contributed by atoms with van der Waals surface area (Å²) in [5.41, 5.74) is 6.81. The minimum Gasteiger partial charge on any atom is -0.490 e. The fourth-order valence-corrected chi connectivity index (χ4v) is 3.58. The van der Waals surface area contributed by atoms with E-state index in [0.717, 1.165) is 41.3 Å². The predicted octanol–water partition coefficient (Wildman–Crippen LogP) is 6.55. The van der Waals surface area contributed by atoms with E-state index in [1.54, 1.807) is 0 Å². The summed E-state index contributed by atoms with van der Waals surface area (Å²) in [4.78, 5) is 4.98. The molecule has 3 aromatic rings. The summed E-state index contributed by atoms with van der Waals surface area (Å²) in [6, 6.07) is 18.5. The van der Waals surface area contributed by atoms with E-state index in [1.165, 1.54) is 16.7 Å². The number of hydrogen-bond donors (Lipinski definition) is 0. The van der Waals surface area contributed by atoms with Crippen LogP contribution in [0.2, 0.25) is 0 Å². The van der Waals surface area contributed by atoms with Gasteiger partial charge in [-0.3, -0.25) is 4.98 Å². The molecule has 0 aliphatic rings. The molecule has 1 aromatic heterocycles. The summed E-state index contributed by atoms with van der Waals surface area (Å²) in [7, 11) is 0. The van der Waals surface area contributed by atoms with Crippen molar-refractivity contribution in [2.75, 3.05) is 0 Å². The fourth-order valence-electron chi connectivity index (χ4n) is 3.58. The van der Waals surface area contributed by atoms with E-state index >= 15 is 0 Å². The van der Waals surface area contributed by atoms with Crippen LogP contribution >= 0.6 is 0 Å². The zero-order chi connectivity index (χ0) is 20.8. The SMILES string of the molecule is CCc1cccc(CC)c1-c1cc(OC(C)C)c(COc2ccccc2)c(C)n1. The molecule has 2 aromatic carbocycles. The van der Waals surface area contributed by atoms with Crippen LogP contribution in [0.4, 0.5) is 0 Å². The standard InChI is InChI=1S/C26H31NO2/c1-6-20-12-11-13-21(7-2)26(20)24-16-25(29-18(3)4)23(19(5)27-24)17-28-22-14-9-8-10-15-22/h8-16,18H,6-7,17H2,1-5H3. The lowest BCUT2D eigenvalue weighted by Crippen LogP contribution is -2.11. The van der Waals surface area contributed by atoms with Gasteiger partial charge in [0.25, 0.3) is 0 Å². The van der Waals surface area contributed by atoms with Crippen molar-refractivity contribution < 1.29 is 9.47 Å². The zero-order valence-electron chi connectivity index (χ0n) is 18.2. The van der Waals surface area contributed by atoms with Gasteiger partial charge in [-0.15, -0.1) is 0 Å². The number of nitrogens with zero attached hydrogens (tertiary/aromatic N) is 1. The first-order valence-corrected chi connectivity index (χ1v) is 10.5. The molecular weight excluding hydrogens is 358 g/mol. The Kier molecular flexibility index (Phi) is 6.92. The average molecular weight is 390 g/mol. The Morgan fingerprint density at radius 2 is 1.55 bits per heavy atom. The van der Waals surface area contributed by atoms with Gasteiger partial charge in [-0.1, -0.05) is 50.2 Å². The number of aromatic nitrogens is 1. The Balaban J connectivity index is 2.05. The van der Waals surface area contributed by atoms with Gasteiger partial charge >= 0.3 is 0 Å². The summed E-state index contributed by atoms with van der Waals surface area (Å²) in [6.45, 7) is 11.0. The van der Waals surface area contributed by atoms with Crippen LogP contribution in [0.5, 0.6) is 11.5 Å².